The quantitative estimate of drug-likeness (QED) is 0.252. The van der Waals surface area contributed by atoms with E-state index in [0.29, 0.717) is 33.4 Å². The van der Waals surface area contributed by atoms with Gasteiger partial charge in [0.15, 0.2) is 17.3 Å². The SMILES string of the molecule is [2H]C([2H])([2H])NC(=O)c1nnc(NC(=O)C2CC2)cc1Nc1cccc(-c2ncc(C(=O)NCCCCC)s2)c1OC. The van der Waals surface area contributed by atoms with Crippen molar-refractivity contribution >= 4 is 46.3 Å². The summed E-state index contributed by atoms with van der Waals surface area (Å²) in [5, 5.41) is 18.9. The maximum atomic E-state index is 12.8. The van der Waals surface area contributed by atoms with Gasteiger partial charge in [-0.05, 0) is 31.4 Å². The Balaban J connectivity index is 1.63. The number of thiazole rings is 1. The molecule has 0 saturated heterocycles. The van der Waals surface area contributed by atoms with E-state index in [1.54, 1.807) is 18.2 Å². The monoisotopic (exact) mass is 540 g/mol. The Morgan fingerprint density at radius 2 is 2.00 bits per heavy atom. The highest BCUT2D eigenvalue weighted by Crippen LogP contribution is 2.40. The fourth-order valence-electron chi connectivity index (χ4n) is 3.69. The number of unbranched alkanes of at least 4 members (excludes halogenated alkanes) is 2. The molecule has 0 bridgehead atoms. The Morgan fingerprint density at radius 1 is 1.16 bits per heavy atom. The first-order valence-corrected chi connectivity index (χ1v) is 13.1. The number of anilines is 3. The van der Waals surface area contributed by atoms with Crippen molar-refractivity contribution in [2.75, 3.05) is 31.3 Å². The summed E-state index contributed by atoms with van der Waals surface area (Å²) in [6, 6.07) is 6.60. The van der Waals surface area contributed by atoms with E-state index in [4.69, 9.17) is 8.85 Å². The minimum Gasteiger partial charge on any atom is -0.494 e. The largest absolute Gasteiger partial charge is 0.494 e. The summed E-state index contributed by atoms with van der Waals surface area (Å²) in [4.78, 5) is 42.5. The third-order valence-electron chi connectivity index (χ3n) is 5.84. The van der Waals surface area contributed by atoms with Crippen LogP contribution in [0.2, 0.25) is 0 Å². The first-order valence-electron chi connectivity index (χ1n) is 13.8. The van der Waals surface area contributed by atoms with Gasteiger partial charge in [0.2, 0.25) is 5.91 Å². The third-order valence-corrected chi connectivity index (χ3v) is 6.87. The van der Waals surface area contributed by atoms with E-state index >= 15 is 0 Å². The van der Waals surface area contributed by atoms with Crippen molar-refractivity contribution in [2.45, 2.75) is 39.0 Å². The second kappa shape index (κ2) is 12.5. The number of rotatable bonds is 12. The highest BCUT2D eigenvalue weighted by molar-refractivity contribution is 7.17. The van der Waals surface area contributed by atoms with Gasteiger partial charge in [-0.2, -0.15) is 0 Å². The Bertz CT molecular complexity index is 1430. The lowest BCUT2D eigenvalue weighted by Crippen LogP contribution is -2.23. The second-order valence-electron chi connectivity index (χ2n) is 8.71. The normalized spacial score (nSPS) is 14.0. The third kappa shape index (κ3) is 6.43. The fourth-order valence-corrected chi connectivity index (χ4v) is 4.54. The van der Waals surface area contributed by atoms with E-state index in [2.05, 4.69) is 38.1 Å². The molecule has 11 nitrogen and oxygen atoms in total. The molecule has 4 N–H and O–H groups in total. The summed E-state index contributed by atoms with van der Waals surface area (Å²) < 4.78 is 27.9. The van der Waals surface area contributed by atoms with Crippen LogP contribution in [-0.2, 0) is 4.79 Å². The van der Waals surface area contributed by atoms with Crippen LogP contribution >= 0.6 is 11.3 Å². The van der Waals surface area contributed by atoms with E-state index in [-0.39, 0.29) is 34.9 Å². The molecule has 38 heavy (non-hydrogen) atoms. The molecule has 200 valence electrons. The number of amides is 3. The lowest BCUT2D eigenvalue weighted by Gasteiger charge is -2.16. The van der Waals surface area contributed by atoms with Crippen molar-refractivity contribution in [3.8, 4) is 16.3 Å². The van der Waals surface area contributed by atoms with Crippen molar-refractivity contribution < 1.29 is 23.2 Å². The lowest BCUT2D eigenvalue weighted by molar-refractivity contribution is -0.117. The standard InChI is InChI=1S/C26H31N7O4S/c1-4-5-6-12-28-24(35)19-14-29-26(38-19)16-8-7-9-17(22(16)37-3)30-18-13-20(31-23(34)15-10-11-15)32-33-21(18)25(36)27-2/h7-9,13-15H,4-6,10-12H2,1-3H3,(H,27,36)(H,28,35)(H2,30,31,32,34)/i2D3. The zero-order chi connectivity index (χ0) is 29.6. The van der Waals surface area contributed by atoms with Crippen molar-refractivity contribution in [1.82, 2.24) is 25.8 Å². The number of nitrogens with zero attached hydrogens (tertiary/aromatic N) is 3. The van der Waals surface area contributed by atoms with E-state index < -0.39 is 12.9 Å². The molecule has 3 amide bonds. The molecular formula is C26H31N7O4S. The molecule has 1 fully saturated rings. The van der Waals surface area contributed by atoms with E-state index in [9.17, 15) is 14.4 Å². The van der Waals surface area contributed by atoms with Crippen molar-refractivity contribution in [1.29, 1.82) is 0 Å². The first-order chi connectivity index (χ1) is 19.6. The predicted octanol–water partition coefficient (Wildman–Crippen LogP) is 3.98. The average Bonchev–Trinajstić information content (AvgIpc) is 3.66. The van der Waals surface area contributed by atoms with Gasteiger partial charge >= 0.3 is 0 Å². The van der Waals surface area contributed by atoms with Gasteiger partial charge in [0.05, 0.1) is 30.2 Å². The number of hydrogen-bond acceptors (Lipinski definition) is 9. The van der Waals surface area contributed by atoms with Gasteiger partial charge < -0.3 is 26.0 Å². The Kier molecular flexibility index (Phi) is 7.57. The van der Waals surface area contributed by atoms with Crippen LogP contribution in [0.15, 0.2) is 30.5 Å². The molecular weight excluding hydrogens is 506 g/mol. The number of aromatic nitrogens is 3. The molecule has 3 aromatic rings. The smallest absolute Gasteiger partial charge is 0.273 e. The van der Waals surface area contributed by atoms with Crippen LogP contribution in [0.3, 0.4) is 0 Å². The molecule has 0 spiro atoms. The maximum absolute atomic E-state index is 12.8. The van der Waals surface area contributed by atoms with Crippen LogP contribution in [0.5, 0.6) is 5.75 Å². The zero-order valence-electron chi connectivity index (χ0n) is 24.1. The molecule has 4 rings (SSSR count). The second-order valence-corrected chi connectivity index (χ2v) is 9.74. The van der Waals surface area contributed by atoms with E-state index in [1.807, 2.05) is 5.32 Å². The number of carbonyl (C=O) groups excluding carboxylic acids is 3. The van der Waals surface area contributed by atoms with Gasteiger partial charge in [-0.3, -0.25) is 14.4 Å². The summed E-state index contributed by atoms with van der Waals surface area (Å²) >= 11 is 1.21. The van der Waals surface area contributed by atoms with E-state index in [1.165, 1.54) is 30.7 Å². The molecule has 2 aromatic heterocycles. The fraction of sp³-hybridized carbons (Fsp3) is 0.385. The van der Waals surface area contributed by atoms with Gasteiger partial charge in [-0.15, -0.1) is 21.5 Å². The molecule has 0 atom stereocenters. The summed E-state index contributed by atoms with van der Waals surface area (Å²) in [5.41, 5.74) is 0.787. The first kappa shape index (κ1) is 23.1. The Hall–Kier alpha value is -4.06. The number of benzene rings is 1. The highest BCUT2D eigenvalue weighted by Gasteiger charge is 2.30. The van der Waals surface area contributed by atoms with Gasteiger partial charge in [0, 0.05) is 29.6 Å². The number of carbonyl (C=O) groups is 3. The van der Waals surface area contributed by atoms with Gasteiger partial charge in [0.25, 0.3) is 11.8 Å². The van der Waals surface area contributed by atoms with Crippen LogP contribution in [0.1, 0.15) is 63.3 Å². The predicted molar refractivity (Wildman–Crippen MR) is 146 cm³/mol. The molecule has 2 heterocycles. The van der Waals surface area contributed by atoms with Crippen LogP contribution < -0.4 is 26.0 Å². The van der Waals surface area contributed by atoms with E-state index in [0.717, 1.165) is 32.1 Å². The van der Waals surface area contributed by atoms with Gasteiger partial charge in [0.1, 0.15) is 9.88 Å². The summed E-state index contributed by atoms with van der Waals surface area (Å²) in [7, 11) is 1.47. The number of nitrogens with one attached hydrogen (secondary N) is 4. The molecule has 0 aliphatic heterocycles. The zero-order valence-corrected chi connectivity index (χ0v) is 21.9. The summed E-state index contributed by atoms with van der Waals surface area (Å²) in [6.45, 7) is -0.0712. The molecule has 1 aliphatic carbocycles. The van der Waals surface area contributed by atoms with Crippen LogP contribution in [-0.4, -0.2) is 53.5 Å². The molecule has 1 aromatic carbocycles. The summed E-state index contributed by atoms with van der Waals surface area (Å²) in [6.07, 6.45) is 6.07. The Labute approximate surface area is 229 Å². The van der Waals surface area contributed by atoms with Crippen LogP contribution in [0.25, 0.3) is 10.6 Å². The number of methoxy groups -OCH3 is 1. The highest BCUT2D eigenvalue weighted by atomic mass is 32.1. The number of ether oxygens (including phenoxy) is 1. The van der Waals surface area contributed by atoms with Gasteiger partial charge in [-0.25, -0.2) is 4.98 Å². The summed E-state index contributed by atoms with van der Waals surface area (Å²) in [5.74, 6) is -1.03. The number of para-hydroxylation sites is 1. The molecule has 1 aliphatic rings. The minimum absolute atomic E-state index is 0.0922. The van der Waals surface area contributed by atoms with Crippen LogP contribution in [0, 0.1) is 5.92 Å². The topological polar surface area (TPSA) is 147 Å². The van der Waals surface area contributed by atoms with Crippen molar-refractivity contribution in [3.63, 3.8) is 0 Å². The van der Waals surface area contributed by atoms with Crippen LogP contribution in [0.4, 0.5) is 17.2 Å². The molecule has 12 heteroatoms. The maximum Gasteiger partial charge on any atom is 0.273 e. The molecule has 0 unspecified atom stereocenters. The van der Waals surface area contributed by atoms with Crippen molar-refractivity contribution in [3.05, 3.63) is 41.0 Å². The minimum atomic E-state index is -2.75. The molecule has 1 saturated carbocycles. The van der Waals surface area contributed by atoms with Gasteiger partial charge in [-0.1, -0.05) is 25.8 Å². The van der Waals surface area contributed by atoms with Crippen molar-refractivity contribution in [2.24, 2.45) is 5.92 Å². The average molecular weight is 541 g/mol. The molecule has 0 radical (unpaired) electrons. The number of hydrogen-bond donors (Lipinski definition) is 4. The lowest BCUT2D eigenvalue weighted by atomic mass is 10.1. The Morgan fingerprint density at radius 3 is 2.74 bits per heavy atom.